The van der Waals surface area contributed by atoms with Gasteiger partial charge in [-0.2, -0.15) is 0 Å². The lowest BCUT2D eigenvalue weighted by Gasteiger charge is -2.17. The van der Waals surface area contributed by atoms with E-state index in [0.717, 1.165) is 25.7 Å². The van der Waals surface area contributed by atoms with Crippen LogP contribution in [0.5, 0.6) is 0 Å². The fourth-order valence-electron chi connectivity index (χ4n) is 5.86. The number of fused-ring (bicyclic) bond motifs is 4. The van der Waals surface area contributed by atoms with E-state index in [9.17, 15) is 28.8 Å². The Labute approximate surface area is 265 Å². The zero-order valence-electron chi connectivity index (χ0n) is 25.0. The molecule has 0 atom stereocenters. The number of benzene rings is 4. The lowest BCUT2D eigenvalue weighted by Crippen LogP contribution is -2.21. The summed E-state index contributed by atoms with van der Waals surface area (Å²) in [6.45, 7) is 0.480. The van der Waals surface area contributed by atoms with Crippen LogP contribution >= 0.6 is 0 Å². The quantitative estimate of drug-likeness (QED) is 0.118. The average Bonchev–Trinajstić information content (AvgIpc) is 3.09. The Morgan fingerprint density at radius 2 is 0.696 bits per heavy atom. The van der Waals surface area contributed by atoms with Crippen molar-refractivity contribution < 1.29 is 38.2 Å². The normalized spacial score (nSPS) is 13.0. The second-order valence-corrected chi connectivity index (χ2v) is 11.3. The number of unbranched alkanes of at least 4 members (excludes halogenated alkanes) is 5. The van der Waals surface area contributed by atoms with E-state index in [-0.39, 0.29) is 69.7 Å². The molecule has 0 bridgehead atoms. The van der Waals surface area contributed by atoms with E-state index in [1.54, 1.807) is 48.5 Å². The number of carbonyl (C=O) groups excluding carboxylic acids is 6. The van der Waals surface area contributed by atoms with Crippen LogP contribution in [0.3, 0.4) is 0 Å². The predicted octanol–water partition coefficient (Wildman–Crippen LogP) is 6.59. The van der Waals surface area contributed by atoms with Crippen LogP contribution in [0.2, 0.25) is 0 Å². The zero-order valence-corrected chi connectivity index (χ0v) is 25.0. The molecule has 0 aliphatic heterocycles. The van der Waals surface area contributed by atoms with Crippen LogP contribution in [0.25, 0.3) is 0 Å². The summed E-state index contributed by atoms with van der Waals surface area (Å²) in [5.74, 6) is -2.11. The number of ether oxygens (including phenoxy) is 2. The second-order valence-electron chi connectivity index (χ2n) is 11.3. The van der Waals surface area contributed by atoms with Gasteiger partial charge in [0.25, 0.3) is 0 Å². The van der Waals surface area contributed by atoms with E-state index in [4.69, 9.17) is 9.47 Å². The highest BCUT2D eigenvalue weighted by molar-refractivity contribution is 6.29. The van der Waals surface area contributed by atoms with Gasteiger partial charge in [-0.3, -0.25) is 19.2 Å². The zero-order chi connectivity index (χ0) is 32.2. The molecule has 0 heterocycles. The highest BCUT2D eigenvalue weighted by Gasteiger charge is 2.31. The van der Waals surface area contributed by atoms with E-state index in [0.29, 0.717) is 35.1 Å². The standard InChI is InChI=1S/C38H30O8/c39-33-25-11-5-7-13-27(25)35(41)31-21-23(15-17-29(31)33)37(43)45-19-9-3-1-2-4-10-20-46-38(44)24-16-18-30-32(22-24)36(42)28-14-8-6-12-26(28)34(30)40/h5-8,11-18,21-22H,1-4,9-10,19-20H2. The van der Waals surface area contributed by atoms with Gasteiger partial charge in [0.2, 0.25) is 0 Å². The molecule has 230 valence electrons. The minimum Gasteiger partial charge on any atom is -0.462 e. The van der Waals surface area contributed by atoms with Crippen LogP contribution in [0.4, 0.5) is 0 Å². The van der Waals surface area contributed by atoms with Crippen molar-refractivity contribution in [2.45, 2.75) is 38.5 Å². The third-order valence-corrected chi connectivity index (χ3v) is 8.33. The Bertz CT molecular complexity index is 1780. The van der Waals surface area contributed by atoms with Crippen LogP contribution in [-0.2, 0) is 9.47 Å². The minimum absolute atomic E-state index is 0.212. The van der Waals surface area contributed by atoms with E-state index in [2.05, 4.69) is 0 Å². The summed E-state index contributed by atoms with van der Waals surface area (Å²) >= 11 is 0. The Morgan fingerprint density at radius 1 is 0.391 bits per heavy atom. The highest BCUT2D eigenvalue weighted by atomic mass is 16.5. The fourth-order valence-corrected chi connectivity index (χ4v) is 5.86. The topological polar surface area (TPSA) is 121 Å². The summed E-state index contributed by atoms with van der Waals surface area (Å²) in [6, 6.07) is 22.2. The molecule has 0 aromatic heterocycles. The molecule has 0 N–H and O–H groups in total. The molecule has 0 amide bonds. The molecule has 0 radical (unpaired) electrons. The number of rotatable bonds is 11. The van der Waals surface area contributed by atoms with Gasteiger partial charge in [0.1, 0.15) is 0 Å². The average molecular weight is 615 g/mol. The van der Waals surface area contributed by atoms with Crippen LogP contribution < -0.4 is 0 Å². The summed E-state index contributed by atoms with van der Waals surface area (Å²) in [5.41, 5.74) is 2.86. The monoisotopic (exact) mass is 614 g/mol. The van der Waals surface area contributed by atoms with Gasteiger partial charge >= 0.3 is 11.9 Å². The lowest BCUT2D eigenvalue weighted by atomic mass is 9.83. The number of hydrogen-bond acceptors (Lipinski definition) is 8. The summed E-state index contributed by atoms with van der Waals surface area (Å²) < 4.78 is 10.8. The molecule has 4 aromatic rings. The van der Waals surface area contributed by atoms with E-state index >= 15 is 0 Å². The minimum atomic E-state index is -0.538. The smallest absolute Gasteiger partial charge is 0.338 e. The van der Waals surface area contributed by atoms with Crippen molar-refractivity contribution in [3.8, 4) is 0 Å². The van der Waals surface area contributed by atoms with Crippen molar-refractivity contribution in [3.05, 3.63) is 141 Å². The Balaban J connectivity index is 0.879. The molecule has 2 aliphatic carbocycles. The first-order valence-corrected chi connectivity index (χ1v) is 15.3. The van der Waals surface area contributed by atoms with E-state index < -0.39 is 11.9 Å². The van der Waals surface area contributed by atoms with Gasteiger partial charge in [-0.05, 0) is 49.2 Å². The number of hydrogen-bond donors (Lipinski definition) is 0. The maximum absolute atomic E-state index is 12.9. The summed E-state index contributed by atoms with van der Waals surface area (Å²) in [7, 11) is 0. The summed E-state index contributed by atoms with van der Waals surface area (Å²) in [6.07, 6.45) is 4.91. The Morgan fingerprint density at radius 3 is 1.07 bits per heavy atom. The third-order valence-electron chi connectivity index (χ3n) is 8.33. The molecule has 8 nitrogen and oxygen atoms in total. The number of ketones is 4. The molecule has 0 spiro atoms. The Kier molecular flexibility index (Phi) is 8.79. The molecular formula is C38H30O8. The molecule has 0 fully saturated rings. The van der Waals surface area contributed by atoms with Gasteiger partial charge in [0, 0.05) is 44.5 Å². The van der Waals surface area contributed by atoms with Crippen molar-refractivity contribution in [3.63, 3.8) is 0 Å². The third kappa shape index (κ3) is 5.94. The van der Waals surface area contributed by atoms with Crippen molar-refractivity contribution >= 4 is 35.1 Å². The van der Waals surface area contributed by atoms with Crippen LogP contribution in [0.15, 0.2) is 84.9 Å². The van der Waals surface area contributed by atoms with Gasteiger partial charge in [-0.25, -0.2) is 9.59 Å². The first-order chi connectivity index (χ1) is 22.3. The SMILES string of the molecule is O=C(OCCCCCCCCOC(=O)c1ccc2c(c1)C(=O)c1ccccc1C2=O)c1ccc2c(c1)C(=O)c1ccccc1C2=O. The first kappa shape index (κ1) is 30.5. The maximum atomic E-state index is 12.9. The van der Waals surface area contributed by atoms with Crippen molar-refractivity contribution in [2.24, 2.45) is 0 Å². The largest absolute Gasteiger partial charge is 0.462 e. The second kappa shape index (κ2) is 13.2. The van der Waals surface area contributed by atoms with E-state index in [1.807, 2.05) is 0 Å². The van der Waals surface area contributed by atoms with Crippen molar-refractivity contribution in [1.29, 1.82) is 0 Å². The number of carbonyl (C=O) groups is 6. The van der Waals surface area contributed by atoms with Crippen LogP contribution in [0, 0.1) is 0 Å². The molecule has 2 aliphatic rings. The first-order valence-electron chi connectivity index (χ1n) is 15.3. The molecule has 46 heavy (non-hydrogen) atoms. The molecule has 0 saturated heterocycles. The summed E-state index contributed by atoms with van der Waals surface area (Å²) in [4.78, 5) is 76.5. The van der Waals surface area contributed by atoms with Gasteiger partial charge in [0.05, 0.1) is 24.3 Å². The van der Waals surface area contributed by atoms with Crippen LogP contribution in [-0.4, -0.2) is 48.3 Å². The number of esters is 2. The van der Waals surface area contributed by atoms with Gasteiger partial charge in [-0.15, -0.1) is 0 Å². The summed E-state index contributed by atoms with van der Waals surface area (Å²) in [5, 5.41) is 0. The molecule has 0 saturated carbocycles. The van der Waals surface area contributed by atoms with Gasteiger partial charge < -0.3 is 9.47 Å². The fraction of sp³-hybridized carbons (Fsp3) is 0.211. The van der Waals surface area contributed by atoms with Gasteiger partial charge in [0.15, 0.2) is 23.1 Å². The van der Waals surface area contributed by atoms with Crippen LogP contribution in [0.1, 0.15) is 123 Å². The Hall–Kier alpha value is -5.50. The molecule has 8 heteroatoms. The molecular weight excluding hydrogens is 584 g/mol. The molecule has 4 aromatic carbocycles. The molecule has 0 unspecified atom stereocenters. The highest BCUT2D eigenvalue weighted by Crippen LogP contribution is 2.29. The maximum Gasteiger partial charge on any atom is 0.338 e. The van der Waals surface area contributed by atoms with E-state index in [1.165, 1.54) is 36.4 Å². The molecule has 6 rings (SSSR count). The lowest BCUT2D eigenvalue weighted by molar-refractivity contribution is 0.0484. The predicted molar refractivity (Wildman–Crippen MR) is 168 cm³/mol. The van der Waals surface area contributed by atoms with Crippen molar-refractivity contribution in [1.82, 2.24) is 0 Å². The van der Waals surface area contributed by atoms with Crippen molar-refractivity contribution in [2.75, 3.05) is 13.2 Å². The van der Waals surface area contributed by atoms with Gasteiger partial charge in [-0.1, -0.05) is 74.2 Å².